The number of nitrogens with zero attached hydrogens (tertiary/aromatic N) is 4. The highest BCUT2D eigenvalue weighted by atomic mass is 16.5. The Hall–Kier alpha value is -3.88. The number of hydrogen-bond donors (Lipinski definition) is 1. The highest BCUT2D eigenvalue weighted by Gasteiger charge is 2.20. The molecule has 1 aliphatic rings. The van der Waals surface area contributed by atoms with Crippen LogP contribution < -0.4 is 14.4 Å². The first-order valence-electron chi connectivity index (χ1n) is 12.7. The highest BCUT2D eigenvalue weighted by Crippen LogP contribution is 2.37. The van der Waals surface area contributed by atoms with Crippen LogP contribution in [0.25, 0.3) is 32.7 Å². The number of benzene rings is 3. The Morgan fingerprint density at radius 1 is 0.946 bits per heavy atom. The van der Waals surface area contributed by atoms with E-state index in [-0.39, 0.29) is 0 Å². The first-order chi connectivity index (χ1) is 18.2. The van der Waals surface area contributed by atoms with Crippen LogP contribution in [0.15, 0.2) is 60.9 Å². The normalized spacial score (nSPS) is 14.4. The molecule has 1 fully saturated rings. The number of methoxy groups -OCH3 is 2. The van der Waals surface area contributed by atoms with Crippen molar-refractivity contribution in [2.24, 2.45) is 0 Å². The van der Waals surface area contributed by atoms with E-state index in [0.717, 1.165) is 73.7 Å². The zero-order chi connectivity index (χ0) is 25.2. The van der Waals surface area contributed by atoms with Gasteiger partial charge in [-0.1, -0.05) is 42.5 Å². The molecule has 8 heteroatoms. The molecule has 0 saturated carbocycles. The number of rotatable bonds is 8. The van der Waals surface area contributed by atoms with Crippen molar-refractivity contribution in [3.8, 4) is 11.5 Å². The number of ether oxygens (including phenoxy) is 3. The third-order valence-corrected chi connectivity index (χ3v) is 7.20. The maximum absolute atomic E-state index is 5.56. The second kappa shape index (κ2) is 10.2. The largest absolute Gasteiger partial charge is 0.493 e. The molecule has 1 saturated heterocycles. The Labute approximate surface area is 215 Å². The molecular formula is C29H31N5O3. The molecule has 3 heterocycles. The van der Waals surface area contributed by atoms with Crippen LogP contribution in [-0.4, -0.2) is 73.5 Å². The number of H-pyrrole nitrogens is 1. The maximum Gasteiger partial charge on any atom is 0.162 e. The lowest BCUT2D eigenvalue weighted by Crippen LogP contribution is -2.41. The van der Waals surface area contributed by atoms with Crippen LogP contribution in [-0.2, 0) is 11.3 Å². The van der Waals surface area contributed by atoms with Crippen LogP contribution in [0.3, 0.4) is 0 Å². The predicted octanol–water partition coefficient (Wildman–Crippen LogP) is 4.62. The summed E-state index contributed by atoms with van der Waals surface area (Å²) >= 11 is 0. The molecule has 0 atom stereocenters. The summed E-state index contributed by atoms with van der Waals surface area (Å²) in [6, 6.07) is 19.0. The van der Waals surface area contributed by atoms with Crippen molar-refractivity contribution in [2.45, 2.75) is 6.54 Å². The zero-order valence-corrected chi connectivity index (χ0v) is 21.2. The van der Waals surface area contributed by atoms with E-state index in [1.54, 1.807) is 20.5 Å². The molecule has 0 spiro atoms. The van der Waals surface area contributed by atoms with Gasteiger partial charge in [0.2, 0.25) is 0 Å². The number of fused-ring (bicyclic) bond motifs is 4. The van der Waals surface area contributed by atoms with Gasteiger partial charge in [0.1, 0.15) is 17.4 Å². The molecule has 8 nitrogen and oxygen atoms in total. The number of hydrogen-bond acceptors (Lipinski definition) is 7. The van der Waals surface area contributed by atoms with Gasteiger partial charge in [-0.3, -0.25) is 4.90 Å². The topological polar surface area (TPSA) is 75.7 Å². The fraction of sp³-hybridized carbons (Fsp3) is 0.310. The SMILES string of the molecule is COc1cc2[nH]c3c(N(CCN4CCOCC4)Cc4cccc5ccccc45)ncnc3c2cc1OC. The van der Waals surface area contributed by atoms with Crippen LogP contribution in [0.4, 0.5) is 5.82 Å². The number of morpholine rings is 1. The van der Waals surface area contributed by atoms with E-state index < -0.39 is 0 Å². The summed E-state index contributed by atoms with van der Waals surface area (Å²) in [6.07, 6.45) is 1.66. The molecule has 6 rings (SSSR count). The number of anilines is 1. The summed E-state index contributed by atoms with van der Waals surface area (Å²) in [4.78, 5) is 17.9. The fourth-order valence-electron chi connectivity index (χ4n) is 5.23. The molecule has 0 radical (unpaired) electrons. The van der Waals surface area contributed by atoms with E-state index in [2.05, 4.69) is 62.2 Å². The molecular weight excluding hydrogens is 466 g/mol. The lowest BCUT2D eigenvalue weighted by atomic mass is 10.0. The molecule has 5 aromatic rings. The summed E-state index contributed by atoms with van der Waals surface area (Å²) in [6.45, 7) is 5.97. The number of nitrogens with one attached hydrogen (secondary N) is 1. The lowest BCUT2D eigenvalue weighted by molar-refractivity contribution is 0.0391. The second-order valence-corrected chi connectivity index (χ2v) is 9.31. The minimum atomic E-state index is 0.677. The average Bonchev–Trinajstić information content (AvgIpc) is 3.32. The van der Waals surface area contributed by atoms with Crippen molar-refractivity contribution in [3.63, 3.8) is 0 Å². The van der Waals surface area contributed by atoms with Gasteiger partial charge in [0, 0.05) is 44.2 Å². The van der Waals surface area contributed by atoms with Crippen molar-refractivity contribution < 1.29 is 14.2 Å². The molecule has 0 amide bonds. The van der Waals surface area contributed by atoms with Crippen LogP contribution in [0.5, 0.6) is 11.5 Å². The standard InChI is InChI=1S/C29H31N5O3/c1-35-25-16-23-24(17-26(25)36-2)32-28-27(23)30-19-31-29(28)34(11-10-33-12-14-37-15-13-33)18-21-8-5-7-20-6-3-4-9-22(20)21/h3-9,16-17,19,32H,10-15,18H2,1-2H3. The Bertz CT molecular complexity index is 1540. The van der Waals surface area contributed by atoms with Crippen LogP contribution >= 0.6 is 0 Å². The summed E-state index contributed by atoms with van der Waals surface area (Å²) < 4.78 is 16.7. The van der Waals surface area contributed by atoms with Gasteiger partial charge < -0.3 is 24.1 Å². The van der Waals surface area contributed by atoms with Crippen LogP contribution in [0.2, 0.25) is 0 Å². The minimum Gasteiger partial charge on any atom is -0.493 e. The molecule has 2 aromatic heterocycles. The van der Waals surface area contributed by atoms with Gasteiger partial charge in [-0.25, -0.2) is 9.97 Å². The second-order valence-electron chi connectivity index (χ2n) is 9.31. The van der Waals surface area contributed by atoms with Gasteiger partial charge in [0.15, 0.2) is 17.3 Å². The van der Waals surface area contributed by atoms with Crippen LogP contribution in [0.1, 0.15) is 5.56 Å². The van der Waals surface area contributed by atoms with Gasteiger partial charge in [-0.2, -0.15) is 0 Å². The summed E-state index contributed by atoms with van der Waals surface area (Å²) in [5, 5.41) is 3.48. The lowest BCUT2D eigenvalue weighted by Gasteiger charge is -2.31. The van der Waals surface area contributed by atoms with E-state index in [1.807, 2.05) is 12.1 Å². The quantitative estimate of drug-likeness (QED) is 0.335. The average molecular weight is 498 g/mol. The molecule has 0 bridgehead atoms. The monoisotopic (exact) mass is 497 g/mol. The third-order valence-electron chi connectivity index (χ3n) is 7.20. The highest BCUT2D eigenvalue weighted by molar-refractivity contribution is 6.09. The van der Waals surface area contributed by atoms with Crippen molar-refractivity contribution >= 4 is 38.5 Å². The molecule has 0 aliphatic carbocycles. The smallest absolute Gasteiger partial charge is 0.162 e. The zero-order valence-electron chi connectivity index (χ0n) is 21.2. The van der Waals surface area contributed by atoms with E-state index >= 15 is 0 Å². The molecule has 1 N–H and O–H groups in total. The van der Waals surface area contributed by atoms with Gasteiger partial charge in [-0.05, 0) is 22.4 Å². The Morgan fingerprint density at radius 2 is 1.73 bits per heavy atom. The van der Waals surface area contributed by atoms with E-state index in [4.69, 9.17) is 19.2 Å². The molecule has 3 aromatic carbocycles. The Balaban J connectivity index is 1.44. The molecule has 190 valence electrons. The van der Waals surface area contributed by atoms with E-state index in [1.165, 1.54) is 16.3 Å². The number of aromatic amines is 1. The van der Waals surface area contributed by atoms with Crippen molar-refractivity contribution in [1.82, 2.24) is 19.9 Å². The summed E-state index contributed by atoms with van der Waals surface area (Å²) in [5.74, 6) is 2.24. The predicted molar refractivity (Wildman–Crippen MR) is 147 cm³/mol. The van der Waals surface area contributed by atoms with Crippen molar-refractivity contribution in [1.29, 1.82) is 0 Å². The Morgan fingerprint density at radius 3 is 2.57 bits per heavy atom. The van der Waals surface area contributed by atoms with E-state index in [0.29, 0.717) is 11.5 Å². The van der Waals surface area contributed by atoms with Gasteiger partial charge in [0.25, 0.3) is 0 Å². The third kappa shape index (κ3) is 4.54. The Kier molecular flexibility index (Phi) is 6.51. The van der Waals surface area contributed by atoms with Gasteiger partial charge >= 0.3 is 0 Å². The summed E-state index contributed by atoms with van der Waals surface area (Å²) in [5.41, 5.74) is 3.99. The first kappa shape index (κ1) is 23.5. The first-order valence-corrected chi connectivity index (χ1v) is 12.7. The molecule has 37 heavy (non-hydrogen) atoms. The van der Waals surface area contributed by atoms with E-state index in [9.17, 15) is 0 Å². The molecule has 1 aliphatic heterocycles. The van der Waals surface area contributed by atoms with Gasteiger partial charge in [-0.15, -0.1) is 0 Å². The fourth-order valence-corrected chi connectivity index (χ4v) is 5.23. The molecule has 0 unspecified atom stereocenters. The van der Waals surface area contributed by atoms with Gasteiger partial charge in [0.05, 0.1) is 33.0 Å². The minimum absolute atomic E-state index is 0.677. The summed E-state index contributed by atoms with van der Waals surface area (Å²) in [7, 11) is 3.30. The maximum atomic E-state index is 5.56. The van der Waals surface area contributed by atoms with Crippen molar-refractivity contribution in [2.75, 3.05) is 58.5 Å². The van der Waals surface area contributed by atoms with Crippen LogP contribution in [0, 0.1) is 0 Å². The number of aromatic nitrogens is 3. The van der Waals surface area contributed by atoms with Crippen molar-refractivity contribution in [3.05, 3.63) is 66.5 Å².